The average molecular weight is 369 g/mol. The van der Waals surface area contributed by atoms with E-state index in [9.17, 15) is 4.79 Å². The Morgan fingerprint density at radius 3 is 2.69 bits per heavy atom. The van der Waals surface area contributed by atoms with Gasteiger partial charge in [-0.05, 0) is 31.5 Å². The molecule has 1 aliphatic rings. The first-order valence-corrected chi connectivity index (χ1v) is 8.65. The highest BCUT2D eigenvalue weighted by molar-refractivity contribution is 5.81. The smallest absolute Gasteiger partial charge is 0.344 e. The molecule has 0 amide bonds. The van der Waals surface area contributed by atoms with Crippen molar-refractivity contribution in [2.24, 2.45) is 5.92 Å². The van der Waals surface area contributed by atoms with Crippen molar-refractivity contribution < 1.29 is 28.3 Å². The number of esters is 1. The number of hydrogen-bond acceptors (Lipinski definition) is 4. The van der Waals surface area contributed by atoms with Crippen molar-refractivity contribution in [1.29, 1.82) is 1.43 Å². The van der Waals surface area contributed by atoms with E-state index in [1.54, 1.807) is 30.3 Å². The Morgan fingerprint density at radius 1 is 1.31 bits per heavy atom. The number of carbonyl (C=O) groups is 1. The lowest BCUT2D eigenvalue weighted by molar-refractivity contribution is -0.174. The minimum atomic E-state index is -3.07. The molecular weight excluding hydrogens is 326 g/mol. The number of nitrogens with zero attached hydrogens (tertiary/aromatic N) is 1. The lowest BCUT2D eigenvalue weighted by Gasteiger charge is -2.36. The van der Waals surface area contributed by atoms with E-state index in [1.807, 2.05) is 11.8 Å². The Balaban J connectivity index is 2.38. The van der Waals surface area contributed by atoms with Gasteiger partial charge in [-0.3, -0.25) is 4.90 Å². The summed E-state index contributed by atoms with van der Waals surface area (Å²) in [5.74, 6) is 2.10. The second kappa shape index (κ2) is 10.4. The molecule has 0 aliphatic heterocycles. The summed E-state index contributed by atoms with van der Waals surface area (Å²) in [6, 6.07) is 8.15. The van der Waals surface area contributed by atoms with Gasteiger partial charge in [0.05, 0.1) is 12.0 Å². The third-order valence-corrected chi connectivity index (χ3v) is 4.54. The monoisotopic (exact) mass is 368 g/mol. The third kappa shape index (κ3) is 5.09. The maximum absolute atomic E-state index is 13.4. The number of ether oxygens (including phenoxy) is 1. The van der Waals surface area contributed by atoms with Crippen molar-refractivity contribution in [3.8, 4) is 11.8 Å². The fraction of sp³-hybridized carbons (Fsp3) is 0.591. The van der Waals surface area contributed by atoms with E-state index >= 15 is 0 Å². The van der Waals surface area contributed by atoms with Gasteiger partial charge in [-0.1, -0.05) is 75.1 Å². The average Bonchev–Trinajstić information content (AvgIpc) is 2.78. The van der Waals surface area contributed by atoms with Gasteiger partial charge in [0, 0.05) is 14.1 Å². The van der Waals surface area contributed by atoms with E-state index in [2.05, 4.69) is 0 Å². The largest absolute Gasteiger partial charge is 0.450 e. The van der Waals surface area contributed by atoms with Crippen molar-refractivity contribution in [3.05, 3.63) is 35.9 Å². The predicted molar refractivity (Wildman–Crippen MR) is 103 cm³/mol. The highest BCUT2D eigenvalue weighted by atomic mass is 16.5. The lowest BCUT2D eigenvalue weighted by Crippen LogP contribution is -2.45. The van der Waals surface area contributed by atoms with Gasteiger partial charge in [-0.15, -0.1) is 0 Å². The van der Waals surface area contributed by atoms with Crippen LogP contribution >= 0.6 is 0 Å². The molecule has 0 radical (unpaired) electrons. The SMILES string of the molecule is [2H]OC(C(=O)OC([2H])([2H])C#CC([2H])([2H])N(CC([2H])([2H])[2H])CC([2H])([2H])[2H])(c1ccccc1)C1CCCCC1. The molecule has 142 valence electrons. The molecule has 4 heteroatoms. The molecule has 1 fully saturated rings. The van der Waals surface area contributed by atoms with Gasteiger partial charge >= 0.3 is 5.97 Å². The molecule has 0 saturated heterocycles. The summed E-state index contributed by atoms with van der Waals surface area (Å²) in [5.41, 5.74) is -1.63. The first kappa shape index (κ1) is 9.92. The molecule has 2 rings (SSSR count). The predicted octanol–water partition coefficient (Wildman–Crippen LogP) is 3.34. The Hall–Kier alpha value is -1.83. The van der Waals surface area contributed by atoms with Crippen molar-refractivity contribution >= 4 is 5.97 Å². The first-order valence-electron chi connectivity index (χ1n) is 14.1. The molecular formula is C22H31NO3. The van der Waals surface area contributed by atoms with Gasteiger partial charge in [-0.2, -0.15) is 0 Å². The number of hydrogen-bond donors (Lipinski definition) is 1. The normalized spacial score (nSPS) is 25.5. The van der Waals surface area contributed by atoms with E-state index in [0.29, 0.717) is 23.3 Å². The summed E-state index contributed by atoms with van der Waals surface area (Å²) in [6.45, 7) is -13.3. The van der Waals surface area contributed by atoms with E-state index in [-0.39, 0.29) is 0 Å². The Morgan fingerprint density at radius 2 is 2.04 bits per heavy atom. The van der Waals surface area contributed by atoms with Crippen LogP contribution in [0.4, 0.5) is 0 Å². The molecule has 0 bridgehead atoms. The molecule has 1 aromatic carbocycles. The van der Waals surface area contributed by atoms with Crippen molar-refractivity contribution in [1.82, 2.24) is 4.90 Å². The Labute approximate surface area is 173 Å². The summed E-state index contributed by atoms with van der Waals surface area (Å²) in [7, 11) is 0. The Bertz CT molecular complexity index is 948. The van der Waals surface area contributed by atoms with Gasteiger partial charge < -0.3 is 9.85 Å². The highest BCUT2D eigenvalue weighted by Crippen LogP contribution is 2.40. The number of carbonyl (C=O) groups excluding carboxylic acids is 1. The van der Waals surface area contributed by atoms with Crippen LogP contribution in [0.15, 0.2) is 30.3 Å². The molecule has 0 spiro atoms. The van der Waals surface area contributed by atoms with Crippen LogP contribution in [0.25, 0.3) is 0 Å². The number of benzene rings is 1. The number of aliphatic hydroxyl groups is 1. The second-order valence-electron chi connectivity index (χ2n) is 6.15. The topological polar surface area (TPSA) is 49.8 Å². The van der Waals surface area contributed by atoms with Crippen LogP contribution in [0, 0.1) is 17.8 Å². The van der Waals surface area contributed by atoms with Crippen LogP contribution in [0.2, 0.25) is 0 Å². The maximum Gasteiger partial charge on any atom is 0.344 e. The highest BCUT2D eigenvalue weighted by Gasteiger charge is 2.46. The second-order valence-corrected chi connectivity index (χ2v) is 6.15. The standard InChI is InChI=1S/C22H31NO3/c1-3-23(4-2)17-11-12-18-26-21(24)22(25,19-13-7-5-8-14-19)20-15-9-6-10-16-20/h5,7-8,13-14,20,25H,3-4,6,9-10,15-18H2,1-2H3/i1D3,2D3,17D2,18D2,25D. The zero-order valence-electron chi connectivity index (χ0n) is 25.6. The van der Waals surface area contributed by atoms with Crippen LogP contribution in [0.5, 0.6) is 0 Å². The van der Waals surface area contributed by atoms with Gasteiger partial charge in [-0.25, -0.2) is 4.79 Å². The molecule has 1 aliphatic carbocycles. The van der Waals surface area contributed by atoms with Crippen LogP contribution < -0.4 is 0 Å². The van der Waals surface area contributed by atoms with Crippen molar-refractivity contribution in [2.75, 3.05) is 26.1 Å². The van der Waals surface area contributed by atoms with Gasteiger partial charge in [0.2, 0.25) is 1.43 Å². The van der Waals surface area contributed by atoms with Gasteiger partial charge in [0.1, 0.15) is 0 Å². The summed E-state index contributed by atoms with van der Waals surface area (Å²) in [6.07, 6.45) is 3.59. The molecule has 1 N–H and O–H groups in total. The molecule has 1 unspecified atom stereocenters. The first-order chi connectivity index (χ1) is 16.9. The van der Waals surface area contributed by atoms with E-state index in [1.165, 1.54) is 0 Å². The zero-order chi connectivity index (χ0) is 28.1. The van der Waals surface area contributed by atoms with Crippen LogP contribution in [-0.4, -0.2) is 43.6 Å². The zero-order valence-corrected chi connectivity index (χ0v) is 14.6. The fourth-order valence-electron chi connectivity index (χ4n) is 3.13. The van der Waals surface area contributed by atoms with E-state index in [0.717, 1.165) is 19.3 Å². The minimum Gasteiger partial charge on any atom is -0.450 e. The number of rotatable bonds is 8. The quantitative estimate of drug-likeness (QED) is 0.565. The van der Waals surface area contributed by atoms with Gasteiger partial charge in [0.25, 0.3) is 0 Å². The van der Waals surface area contributed by atoms with Crippen molar-refractivity contribution in [3.63, 3.8) is 0 Å². The molecule has 0 heterocycles. The van der Waals surface area contributed by atoms with Crippen LogP contribution in [0.3, 0.4) is 0 Å². The summed E-state index contributed by atoms with van der Waals surface area (Å²) >= 11 is 0. The minimum absolute atomic E-state index is 0.308. The van der Waals surface area contributed by atoms with Crippen LogP contribution in [-0.2, 0) is 15.1 Å². The van der Waals surface area contributed by atoms with Crippen molar-refractivity contribution in [2.45, 2.75) is 51.4 Å². The fourth-order valence-corrected chi connectivity index (χ4v) is 3.13. The van der Waals surface area contributed by atoms with Crippen LogP contribution in [0.1, 0.15) is 65.1 Å². The molecule has 1 atom stereocenters. The Kier molecular flexibility index (Phi) is 3.95. The lowest BCUT2D eigenvalue weighted by atomic mass is 9.73. The summed E-state index contributed by atoms with van der Waals surface area (Å²) < 4.78 is 89.6. The molecule has 1 saturated carbocycles. The molecule has 4 nitrogen and oxygen atoms in total. The van der Waals surface area contributed by atoms with E-state index < -0.39 is 57.3 Å². The molecule has 1 aromatic rings. The van der Waals surface area contributed by atoms with Gasteiger partial charge in [0.15, 0.2) is 12.2 Å². The van der Waals surface area contributed by atoms with E-state index in [4.69, 9.17) is 25.0 Å². The third-order valence-electron chi connectivity index (χ3n) is 4.54. The molecule has 26 heavy (non-hydrogen) atoms. The molecule has 0 aromatic heterocycles. The summed E-state index contributed by atoms with van der Waals surface area (Å²) in [5, 5.41) is 5.02. The maximum atomic E-state index is 13.4. The summed E-state index contributed by atoms with van der Waals surface area (Å²) in [4.78, 5) is 13.9.